The van der Waals surface area contributed by atoms with Crippen molar-refractivity contribution in [3.63, 3.8) is 0 Å². The minimum Gasteiger partial charge on any atom is -0.756 e. The summed E-state index contributed by atoms with van der Waals surface area (Å²) < 4.78 is 33.8. The number of esters is 2. The van der Waals surface area contributed by atoms with Crippen LogP contribution in [0.3, 0.4) is 0 Å². The number of carbonyl (C=O) groups excluding carboxylic acids is 2. The Balaban J connectivity index is 4.44. The first-order valence-corrected chi connectivity index (χ1v) is 24.0. The summed E-state index contributed by atoms with van der Waals surface area (Å²) >= 11 is 0. The number of hydrogen-bond donors (Lipinski definition) is 0. The fourth-order valence-corrected chi connectivity index (χ4v) is 6.54. The average molecular weight is 822 g/mol. The van der Waals surface area contributed by atoms with Crippen molar-refractivity contribution >= 4 is 19.8 Å². The van der Waals surface area contributed by atoms with Crippen LogP contribution in [0.4, 0.5) is 0 Å². The van der Waals surface area contributed by atoms with Crippen LogP contribution in [0.25, 0.3) is 0 Å². The van der Waals surface area contributed by atoms with Gasteiger partial charge in [0.2, 0.25) is 0 Å². The maximum absolute atomic E-state index is 12.7. The molecular formula is C47H84NO8P. The van der Waals surface area contributed by atoms with Gasteiger partial charge in [0.05, 0.1) is 27.7 Å². The molecule has 2 atom stereocenters. The van der Waals surface area contributed by atoms with E-state index in [1.54, 1.807) is 0 Å². The van der Waals surface area contributed by atoms with E-state index in [1.165, 1.54) is 83.5 Å². The van der Waals surface area contributed by atoms with Crippen LogP contribution in [0.1, 0.15) is 174 Å². The molecule has 10 heteroatoms. The van der Waals surface area contributed by atoms with E-state index in [0.29, 0.717) is 23.9 Å². The van der Waals surface area contributed by atoms with Crippen LogP contribution in [-0.4, -0.2) is 70.0 Å². The minimum atomic E-state index is -4.64. The summed E-state index contributed by atoms with van der Waals surface area (Å²) in [4.78, 5) is 37.5. The normalized spacial score (nSPS) is 14.1. The Hall–Kier alpha value is -2.29. The van der Waals surface area contributed by atoms with Crippen molar-refractivity contribution < 1.29 is 42.1 Å². The first-order valence-electron chi connectivity index (χ1n) is 22.5. The van der Waals surface area contributed by atoms with Crippen LogP contribution in [0.15, 0.2) is 60.8 Å². The number of unbranched alkanes of at least 4 members (excludes halogenated alkanes) is 16. The highest BCUT2D eigenvalue weighted by Gasteiger charge is 2.21. The standard InChI is InChI=1S/C47H84NO8P/c1-6-8-10-12-14-16-18-20-22-24-26-28-30-32-34-36-38-40-47(50)56-45(44-55-57(51,52)54-42-41-48(3,4)5)43-53-46(49)39-37-35-33-31-29-27-25-23-21-19-17-15-13-11-9-7-2/h8,10,14,16,20,22,26,28,32,34,45H,6-7,9,11-13,15,17-19,21,23-25,27,29-31,33,35-44H2,1-5H3/b10-8+,16-14+,22-20+,28-26+,34-32+/t45-/m1/s1. The lowest BCUT2D eigenvalue weighted by atomic mass is 10.0. The molecule has 0 N–H and O–H groups in total. The van der Waals surface area contributed by atoms with Gasteiger partial charge in [-0.05, 0) is 51.4 Å². The Morgan fingerprint density at radius 3 is 1.47 bits per heavy atom. The maximum Gasteiger partial charge on any atom is 0.306 e. The second-order valence-corrected chi connectivity index (χ2v) is 17.4. The monoisotopic (exact) mass is 822 g/mol. The molecule has 0 saturated heterocycles. The number of hydrogen-bond acceptors (Lipinski definition) is 8. The molecule has 0 aromatic rings. The van der Waals surface area contributed by atoms with Gasteiger partial charge >= 0.3 is 11.9 Å². The van der Waals surface area contributed by atoms with Crippen molar-refractivity contribution in [2.45, 2.75) is 180 Å². The first kappa shape index (κ1) is 54.7. The molecule has 0 bridgehead atoms. The predicted molar refractivity (Wildman–Crippen MR) is 236 cm³/mol. The zero-order chi connectivity index (χ0) is 42.1. The van der Waals surface area contributed by atoms with E-state index in [1.807, 2.05) is 27.2 Å². The minimum absolute atomic E-state index is 0.0428. The van der Waals surface area contributed by atoms with E-state index in [4.69, 9.17) is 18.5 Å². The van der Waals surface area contributed by atoms with Gasteiger partial charge in [0.1, 0.15) is 19.8 Å². The van der Waals surface area contributed by atoms with Crippen molar-refractivity contribution in [1.82, 2.24) is 0 Å². The maximum atomic E-state index is 12.7. The van der Waals surface area contributed by atoms with Gasteiger partial charge in [0.15, 0.2) is 6.10 Å². The molecule has 9 nitrogen and oxygen atoms in total. The average Bonchev–Trinajstić information content (AvgIpc) is 3.16. The number of phosphoric acid groups is 1. The summed E-state index contributed by atoms with van der Waals surface area (Å²) in [5.41, 5.74) is 0. The molecule has 0 spiro atoms. The zero-order valence-electron chi connectivity index (χ0n) is 37.0. The lowest BCUT2D eigenvalue weighted by molar-refractivity contribution is -0.870. The molecule has 0 rings (SSSR count). The molecule has 0 aromatic heterocycles. The van der Waals surface area contributed by atoms with Gasteiger partial charge in [0.25, 0.3) is 7.82 Å². The van der Waals surface area contributed by atoms with Gasteiger partial charge < -0.3 is 27.9 Å². The van der Waals surface area contributed by atoms with Gasteiger partial charge in [-0.3, -0.25) is 14.2 Å². The van der Waals surface area contributed by atoms with Crippen LogP contribution in [0, 0.1) is 0 Å². The summed E-state index contributed by atoms with van der Waals surface area (Å²) in [7, 11) is 1.12. The van der Waals surface area contributed by atoms with E-state index >= 15 is 0 Å². The summed E-state index contributed by atoms with van der Waals surface area (Å²) in [5.74, 6) is -0.902. The van der Waals surface area contributed by atoms with E-state index < -0.39 is 32.5 Å². The highest BCUT2D eigenvalue weighted by Crippen LogP contribution is 2.38. The zero-order valence-corrected chi connectivity index (χ0v) is 37.9. The molecule has 330 valence electrons. The summed E-state index contributed by atoms with van der Waals surface area (Å²) in [6.07, 6.45) is 46.8. The molecule has 0 aliphatic carbocycles. The number of ether oxygens (including phenoxy) is 2. The molecule has 0 radical (unpaired) electrons. The highest BCUT2D eigenvalue weighted by molar-refractivity contribution is 7.45. The largest absolute Gasteiger partial charge is 0.756 e. The van der Waals surface area contributed by atoms with Crippen LogP contribution < -0.4 is 4.89 Å². The third-order valence-corrected chi connectivity index (χ3v) is 10.3. The molecule has 0 heterocycles. The molecule has 0 saturated carbocycles. The predicted octanol–water partition coefficient (Wildman–Crippen LogP) is 12.2. The number of likely N-dealkylation sites (N-methyl/N-ethyl adjacent to an activating group) is 1. The first-order chi connectivity index (χ1) is 27.5. The molecule has 57 heavy (non-hydrogen) atoms. The Morgan fingerprint density at radius 2 is 1.00 bits per heavy atom. The van der Waals surface area contributed by atoms with Crippen molar-refractivity contribution in [2.75, 3.05) is 47.5 Å². The summed E-state index contributed by atoms with van der Waals surface area (Å²) in [6.45, 7) is 4.05. The van der Waals surface area contributed by atoms with Crippen molar-refractivity contribution in [3.8, 4) is 0 Å². The lowest BCUT2D eigenvalue weighted by Crippen LogP contribution is -2.37. The number of rotatable bonds is 40. The van der Waals surface area contributed by atoms with Crippen LogP contribution in [-0.2, 0) is 32.7 Å². The van der Waals surface area contributed by atoms with E-state index in [0.717, 1.165) is 51.4 Å². The van der Waals surface area contributed by atoms with E-state index in [2.05, 4.69) is 68.5 Å². The molecule has 0 amide bonds. The van der Waals surface area contributed by atoms with Crippen molar-refractivity contribution in [3.05, 3.63) is 60.8 Å². The lowest BCUT2D eigenvalue weighted by Gasteiger charge is -2.28. The Labute approximate surface area is 349 Å². The Bertz CT molecular complexity index is 1160. The van der Waals surface area contributed by atoms with Gasteiger partial charge in [-0.1, -0.05) is 171 Å². The molecule has 0 fully saturated rings. The van der Waals surface area contributed by atoms with Gasteiger partial charge in [-0.2, -0.15) is 0 Å². The number of allylic oxidation sites excluding steroid dienone is 10. The second-order valence-electron chi connectivity index (χ2n) is 16.0. The summed E-state index contributed by atoms with van der Waals surface area (Å²) in [6, 6.07) is 0. The summed E-state index contributed by atoms with van der Waals surface area (Å²) in [5, 5.41) is 0. The molecule has 0 aromatic carbocycles. The number of nitrogens with zero attached hydrogens (tertiary/aromatic N) is 1. The quantitative estimate of drug-likeness (QED) is 0.0197. The van der Waals surface area contributed by atoms with Gasteiger partial charge in [0, 0.05) is 12.8 Å². The third kappa shape index (κ3) is 43.1. The molecule has 0 aliphatic rings. The number of carbonyl (C=O) groups is 2. The van der Waals surface area contributed by atoms with E-state index in [9.17, 15) is 19.0 Å². The van der Waals surface area contributed by atoms with Crippen molar-refractivity contribution in [2.24, 2.45) is 0 Å². The molecular weight excluding hydrogens is 737 g/mol. The molecule has 1 unspecified atom stereocenters. The van der Waals surface area contributed by atoms with E-state index in [-0.39, 0.29) is 26.1 Å². The van der Waals surface area contributed by atoms with Gasteiger partial charge in [-0.15, -0.1) is 0 Å². The number of phosphoric ester groups is 1. The second kappa shape index (κ2) is 39.2. The van der Waals surface area contributed by atoms with Crippen LogP contribution >= 0.6 is 7.82 Å². The smallest absolute Gasteiger partial charge is 0.306 e. The van der Waals surface area contributed by atoms with Crippen LogP contribution in [0.5, 0.6) is 0 Å². The highest BCUT2D eigenvalue weighted by atomic mass is 31.2. The third-order valence-electron chi connectivity index (χ3n) is 9.30. The Morgan fingerprint density at radius 1 is 0.561 bits per heavy atom. The fourth-order valence-electron chi connectivity index (χ4n) is 5.81. The van der Waals surface area contributed by atoms with Gasteiger partial charge in [-0.25, -0.2) is 0 Å². The SMILES string of the molecule is CC/C=C/C/C=C/C/C=C/C/C=C/C/C=C/CCCC(=O)O[C@H](COC(=O)CCCCCCCCCCCCCCCCCC)COP(=O)([O-])OCC[N+](C)(C)C. The number of quaternary nitrogens is 1. The molecule has 0 aliphatic heterocycles. The topological polar surface area (TPSA) is 111 Å². The van der Waals surface area contributed by atoms with Crippen molar-refractivity contribution in [1.29, 1.82) is 0 Å². The fraction of sp³-hybridized carbons (Fsp3) is 0.745. The van der Waals surface area contributed by atoms with Crippen LogP contribution in [0.2, 0.25) is 0 Å². The Kier molecular flexibility index (Phi) is 37.6.